The summed E-state index contributed by atoms with van der Waals surface area (Å²) >= 11 is 0. The number of aromatic nitrogens is 2. The van der Waals surface area contributed by atoms with Crippen molar-refractivity contribution >= 4 is 11.5 Å². The van der Waals surface area contributed by atoms with Crippen LogP contribution in [0.2, 0.25) is 0 Å². The molecule has 1 fully saturated rings. The molecule has 1 aromatic heterocycles. The molecule has 1 saturated carbocycles. The minimum atomic E-state index is -0.686. The van der Waals surface area contributed by atoms with Crippen molar-refractivity contribution in [3.8, 4) is 0 Å². The molecule has 0 aliphatic heterocycles. The van der Waals surface area contributed by atoms with E-state index in [1.54, 1.807) is 0 Å². The van der Waals surface area contributed by atoms with Crippen LogP contribution < -0.4 is 0 Å². The molecule has 0 radical (unpaired) electrons. The Morgan fingerprint density at radius 1 is 1.25 bits per heavy atom. The van der Waals surface area contributed by atoms with Crippen LogP contribution in [-0.2, 0) is 4.79 Å². The van der Waals surface area contributed by atoms with Crippen LogP contribution in [0.5, 0.6) is 0 Å². The second kappa shape index (κ2) is 5.61. The maximum atomic E-state index is 10.9. The van der Waals surface area contributed by atoms with Gasteiger partial charge in [0.25, 0.3) is 0 Å². The van der Waals surface area contributed by atoms with E-state index in [-0.39, 0.29) is 11.8 Å². The Morgan fingerprint density at radius 2 is 2.05 bits per heavy atom. The van der Waals surface area contributed by atoms with Crippen molar-refractivity contribution in [3.63, 3.8) is 0 Å². The van der Waals surface area contributed by atoms with Gasteiger partial charge in [-0.2, -0.15) is 0 Å². The minimum absolute atomic E-state index is 0.208. The van der Waals surface area contributed by atoms with Crippen LogP contribution in [0.1, 0.15) is 56.2 Å². The molecule has 106 valence electrons. The fraction of sp³-hybridized carbons (Fsp3) is 0.533. The standard InChI is InChI=1S/C15H18N2O3/c18-15(19)12-8-6-11(7-9-12)14-17-16-13(20-14)10-4-2-1-3-5-10/h1-2,4,11-12H,3,5-9H2,(H,18,19). The fourth-order valence-electron chi connectivity index (χ4n) is 2.90. The van der Waals surface area contributed by atoms with E-state index in [4.69, 9.17) is 9.52 Å². The number of carboxylic acid groups (broad SMARTS) is 1. The maximum absolute atomic E-state index is 10.9. The average Bonchev–Trinajstić information content (AvgIpc) is 2.98. The summed E-state index contributed by atoms with van der Waals surface area (Å²) in [5, 5.41) is 17.3. The molecule has 0 spiro atoms. The Kier molecular flexibility index (Phi) is 3.67. The summed E-state index contributed by atoms with van der Waals surface area (Å²) in [5.74, 6) is 0.601. The Bertz CT molecular complexity index is 551. The zero-order valence-corrected chi connectivity index (χ0v) is 11.3. The van der Waals surface area contributed by atoms with Crippen LogP contribution in [0.25, 0.3) is 5.57 Å². The lowest BCUT2D eigenvalue weighted by molar-refractivity contribution is -0.142. The van der Waals surface area contributed by atoms with Gasteiger partial charge in [-0.3, -0.25) is 4.79 Å². The number of nitrogens with zero attached hydrogens (tertiary/aromatic N) is 2. The molecule has 1 heterocycles. The molecule has 2 aliphatic rings. The minimum Gasteiger partial charge on any atom is -0.481 e. The number of carboxylic acids is 1. The summed E-state index contributed by atoms with van der Waals surface area (Å²) in [6.45, 7) is 0. The molecule has 3 rings (SSSR count). The third-order valence-electron chi connectivity index (χ3n) is 4.15. The molecule has 0 aromatic carbocycles. The normalized spacial score (nSPS) is 26.3. The topological polar surface area (TPSA) is 76.2 Å². The van der Waals surface area contributed by atoms with Crippen LogP contribution in [0.3, 0.4) is 0 Å². The van der Waals surface area contributed by atoms with Gasteiger partial charge >= 0.3 is 5.97 Å². The van der Waals surface area contributed by atoms with Gasteiger partial charge in [-0.15, -0.1) is 10.2 Å². The van der Waals surface area contributed by atoms with Gasteiger partial charge in [0.2, 0.25) is 11.8 Å². The molecule has 1 N–H and O–H groups in total. The van der Waals surface area contributed by atoms with Gasteiger partial charge in [-0.05, 0) is 38.5 Å². The van der Waals surface area contributed by atoms with E-state index in [0.29, 0.717) is 24.6 Å². The highest BCUT2D eigenvalue weighted by atomic mass is 16.4. The second-order valence-corrected chi connectivity index (χ2v) is 5.49. The summed E-state index contributed by atoms with van der Waals surface area (Å²) in [5.41, 5.74) is 1.09. The van der Waals surface area contributed by atoms with Gasteiger partial charge in [-0.25, -0.2) is 0 Å². The maximum Gasteiger partial charge on any atom is 0.306 e. The van der Waals surface area contributed by atoms with Crippen LogP contribution >= 0.6 is 0 Å². The Morgan fingerprint density at radius 3 is 2.70 bits per heavy atom. The SMILES string of the molecule is O=C(O)C1CCC(c2nnc(C3=CC=CCC3)o2)CC1. The van der Waals surface area contributed by atoms with Crippen molar-refractivity contribution in [2.45, 2.75) is 44.4 Å². The third-order valence-corrected chi connectivity index (χ3v) is 4.15. The number of rotatable bonds is 3. The van der Waals surface area contributed by atoms with E-state index in [9.17, 15) is 4.79 Å². The Hall–Kier alpha value is -1.91. The van der Waals surface area contributed by atoms with Gasteiger partial charge in [0.05, 0.1) is 5.92 Å². The number of hydrogen-bond acceptors (Lipinski definition) is 4. The predicted molar refractivity (Wildman–Crippen MR) is 73.0 cm³/mol. The van der Waals surface area contributed by atoms with E-state index in [0.717, 1.165) is 31.3 Å². The quantitative estimate of drug-likeness (QED) is 0.916. The predicted octanol–water partition coefficient (Wildman–Crippen LogP) is 3.16. The van der Waals surface area contributed by atoms with E-state index in [1.807, 2.05) is 12.2 Å². The third kappa shape index (κ3) is 2.66. The van der Waals surface area contributed by atoms with Crippen LogP contribution in [-0.4, -0.2) is 21.3 Å². The summed E-state index contributed by atoms with van der Waals surface area (Å²) in [7, 11) is 0. The number of aliphatic carboxylic acids is 1. The summed E-state index contributed by atoms with van der Waals surface area (Å²) in [4.78, 5) is 10.9. The lowest BCUT2D eigenvalue weighted by Crippen LogP contribution is -2.20. The highest BCUT2D eigenvalue weighted by molar-refractivity contribution is 5.70. The highest BCUT2D eigenvalue weighted by Gasteiger charge is 2.29. The zero-order chi connectivity index (χ0) is 13.9. The lowest BCUT2D eigenvalue weighted by atomic mass is 9.82. The van der Waals surface area contributed by atoms with Crippen molar-refractivity contribution in [1.82, 2.24) is 10.2 Å². The molecular formula is C15H18N2O3. The number of carbonyl (C=O) groups is 1. The monoisotopic (exact) mass is 274 g/mol. The number of hydrogen-bond donors (Lipinski definition) is 1. The largest absolute Gasteiger partial charge is 0.481 e. The van der Waals surface area contributed by atoms with Crippen LogP contribution in [0.4, 0.5) is 0 Å². The first-order chi connectivity index (χ1) is 9.74. The molecule has 0 unspecified atom stereocenters. The molecule has 5 nitrogen and oxygen atoms in total. The molecule has 0 saturated heterocycles. The van der Waals surface area contributed by atoms with E-state index >= 15 is 0 Å². The fourth-order valence-corrected chi connectivity index (χ4v) is 2.90. The molecule has 2 aliphatic carbocycles. The molecular weight excluding hydrogens is 256 g/mol. The first-order valence-corrected chi connectivity index (χ1v) is 7.16. The van der Waals surface area contributed by atoms with Crippen LogP contribution in [0, 0.1) is 5.92 Å². The molecule has 0 amide bonds. The second-order valence-electron chi connectivity index (χ2n) is 5.49. The highest BCUT2D eigenvalue weighted by Crippen LogP contribution is 2.36. The summed E-state index contributed by atoms with van der Waals surface area (Å²) < 4.78 is 5.79. The average molecular weight is 274 g/mol. The lowest BCUT2D eigenvalue weighted by Gasteiger charge is -2.23. The summed E-state index contributed by atoms with van der Waals surface area (Å²) in [6.07, 6.45) is 11.1. The van der Waals surface area contributed by atoms with Crippen molar-refractivity contribution in [1.29, 1.82) is 0 Å². The van der Waals surface area contributed by atoms with E-state index in [2.05, 4.69) is 16.3 Å². The van der Waals surface area contributed by atoms with Crippen molar-refractivity contribution in [2.75, 3.05) is 0 Å². The van der Waals surface area contributed by atoms with Gasteiger partial charge in [0.15, 0.2) is 0 Å². The smallest absolute Gasteiger partial charge is 0.306 e. The van der Waals surface area contributed by atoms with Gasteiger partial charge in [0.1, 0.15) is 0 Å². The Balaban J connectivity index is 1.67. The van der Waals surface area contributed by atoms with Crippen molar-refractivity contribution < 1.29 is 14.3 Å². The molecule has 0 bridgehead atoms. The van der Waals surface area contributed by atoms with Gasteiger partial charge in [-0.1, -0.05) is 18.2 Å². The molecule has 0 atom stereocenters. The van der Waals surface area contributed by atoms with Gasteiger partial charge < -0.3 is 9.52 Å². The number of allylic oxidation sites excluding steroid dienone is 4. The van der Waals surface area contributed by atoms with Crippen molar-refractivity contribution in [3.05, 3.63) is 30.0 Å². The molecule has 1 aromatic rings. The molecule has 5 heteroatoms. The first-order valence-electron chi connectivity index (χ1n) is 7.16. The van der Waals surface area contributed by atoms with E-state index < -0.39 is 5.97 Å². The van der Waals surface area contributed by atoms with Crippen molar-refractivity contribution in [2.24, 2.45) is 5.92 Å². The first kappa shape index (κ1) is 13.1. The van der Waals surface area contributed by atoms with E-state index in [1.165, 1.54) is 0 Å². The Labute approximate surface area is 117 Å². The zero-order valence-electron chi connectivity index (χ0n) is 11.3. The van der Waals surface area contributed by atoms with Crippen LogP contribution in [0.15, 0.2) is 22.6 Å². The molecule has 20 heavy (non-hydrogen) atoms. The summed E-state index contributed by atoms with van der Waals surface area (Å²) in [6, 6.07) is 0. The van der Waals surface area contributed by atoms with Gasteiger partial charge in [0, 0.05) is 11.5 Å².